The smallest absolute Gasteiger partial charge is 0.276 e. The first-order chi connectivity index (χ1) is 11.0. The minimum Gasteiger partial charge on any atom is -0.360 e. The van der Waals surface area contributed by atoms with E-state index in [-0.39, 0.29) is 17.4 Å². The zero-order valence-corrected chi connectivity index (χ0v) is 13.7. The van der Waals surface area contributed by atoms with Crippen LogP contribution in [0.5, 0.6) is 0 Å². The van der Waals surface area contributed by atoms with E-state index in [0.29, 0.717) is 24.5 Å². The number of carbonyl (C=O) groups excluding carboxylic acids is 1. The van der Waals surface area contributed by atoms with Gasteiger partial charge < -0.3 is 14.7 Å². The molecule has 2 aromatic heterocycles. The van der Waals surface area contributed by atoms with Crippen LogP contribution in [0.2, 0.25) is 0 Å². The van der Waals surface area contributed by atoms with E-state index in [4.69, 9.17) is 4.52 Å². The van der Waals surface area contributed by atoms with E-state index in [9.17, 15) is 4.79 Å². The van der Waals surface area contributed by atoms with Gasteiger partial charge in [0.1, 0.15) is 5.76 Å². The van der Waals surface area contributed by atoms with Gasteiger partial charge in [0.25, 0.3) is 5.91 Å². The normalized spacial score (nSPS) is 18.9. The van der Waals surface area contributed by atoms with Crippen molar-refractivity contribution in [2.45, 2.75) is 32.2 Å². The highest BCUT2D eigenvalue weighted by Gasteiger charge is 2.31. The third-order valence-corrected chi connectivity index (χ3v) is 4.04. The first kappa shape index (κ1) is 15.7. The highest BCUT2D eigenvalue weighted by molar-refractivity contribution is 5.92. The van der Waals surface area contributed by atoms with Crippen molar-refractivity contribution in [1.29, 1.82) is 0 Å². The molecule has 3 heterocycles. The van der Waals surface area contributed by atoms with Gasteiger partial charge in [0.15, 0.2) is 5.69 Å². The van der Waals surface area contributed by atoms with Gasteiger partial charge in [-0.25, -0.2) is 0 Å². The van der Waals surface area contributed by atoms with E-state index in [2.05, 4.69) is 15.5 Å². The van der Waals surface area contributed by atoms with Crippen molar-refractivity contribution in [1.82, 2.24) is 20.4 Å². The summed E-state index contributed by atoms with van der Waals surface area (Å²) in [7, 11) is 0. The van der Waals surface area contributed by atoms with Crippen LogP contribution in [-0.2, 0) is 5.41 Å². The van der Waals surface area contributed by atoms with Crippen molar-refractivity contribution in [2.75, 3.05) is 19.6 Å². The molecule has 0 radical (unpaired) electrons. The number of nitrogens with one attached hydrogen (secondary N) is 1. The first-order valence-corrected chi connectivity index (χ1v) is 7.85. The largest absolute Gasteiger partial charge is 0.360 e. The number of amides is 1. The molecule has 0 spiro atoms. The summed E-state index contributed by atoms with van der Waals surface area (Å²) in [5.74, 6) is 0.619. The molecule has 1 unspecified atom stereocenters. The van der Waals surface area contributed by atoms with Gasteiger partial charge in [0, 0.05) is 43.5 Å². The van der Waals surface area contributed by atoms with E-state index < -0.39 is 0 Å². The lowest BCUT2D eigenvalue weighted by Crippen LogP contribution is -2.48. The Morgan fingerprint density at radius 3 is 2.91 bits per heavy atom. The third kappa shape index (κ3) is 3.27. The molecule has 1 saturated heterocycles. The Balaban J connectivity index is 1.86. The van der Waals surface area contributed by atoms with Crippen molar-refractivity contribution in [3.05, 3.63) is 47.6 Å². The molecule has 0 aliphatic carbocycles. The maximum atomic E-state index is 12.9. The van der Waals surface area contributed by atoms with Gasteiger partial charge in [0.05, 0.1) is 6.04 Å². The van der Waals surface area contributed by atoms with E-state index in [0.717, 1.165) is 12.1 Å². The SMILES string of the molecule is CC(C)(C)c1cc(C(=O)N2CCNCC2c2cccnc2)no1. The topological polar surface area (TPSA) is 71.3 Å². The molecule has 1 atom stereocenters. The van der Waals surface area contributed by atoms with Crippen molar-refractivity contribution in [3.63, 3.8) is 0 Å². The number of piperazine rings is 1. The Morgan fingerprint density at radius 1 is 1.43 bits per heavy atom. The number of aromatic nitrogens is 2. The molecule has 2 aromatic rings. The van der Waals surface area contributed by atoms with Crippen LogP contribution in [0.4, 0.5) is 0 Å². The Hall–Kier alpha value is -2.21. The Kier molecular flexibility index (Phi) is 4.17. The predicted octanol–water partition coefficient (Wildman–Crippen LogP) is 2.15. The van der Waals surface area contributed by atoms with E-state index in [1.807, 2.05) is 37.8 Å². The van der Waals surface area contributed by atoms with Crippen LogP contribution < -0.4 is 5.32 Å². The minimum absolute atomic E-state index is 0.0419. The standard InChI is InChI=1S/C17H22N4O2/c1-17(2,3)15-9-13(20-23-15)16(22)21-8-7-19-11-14(21)12-5-4-6-18-10-12/h4-6,9-10,14,19H,7-8,11H2,1-3H3. The van der Waals surface area contributed by atoms with Crippen molar-refractivity contribution in [3.8, 4) is 0 Å². The van der Waals surface area contributed by atoms with Crippen LogP contribution in [-0.4, -0.2) is 40.6 Å². The second-order valence-electron chi connectivity index (χ2n) is 6.83. The number of carbonyl (C=O) groups is 1. The monoisotopic (exact) mass is 314 g/mol. The second kappa shape index (κ2) is 6.12. The quantitative estimate of drug-likeness (QED) is 0.919. The van der Waals surface area contributed by atoms with Gasteiger partial charge in [-0.2, -0.15) is 0 Å². The molecule has 0 bridgehead atoms. The maximum Gasteiger partial charge on any atom is 0.276 e. The number of rotatable bonds is 2. The number of nitrogens with zero attached hydrogens (tertiary/aromatic N) is 3. The van der Waals surface area contributed by atoms with E-state index in [1.54, 1.807) is 18.5 Å². The zero-order chi connectivity index (χ0) is 16.4. The lowest BCUT2D eigenvalue weighted by Gasteiger charge is -2.35. The zero-order valence-electron chi connectivity index (χ0n) is 13.7. The summed E-state index contributed by atoms with van der Waals surface area (Å²) in [4.78, 5) is 18.9. The average Bonchev–Trinajstić information content (AvgIpc) is 3.05. The van der Waals surface area contributed by atoms with E-state index >= 15 is 0 Å². The van der Waals surface area contributed by atoms with Gasteiger partial charge in [-0.1, -0.05) is 32.0 Å². The molecule has 122 valence electrons. The average molecular weight is 314 g/mol. The molecular weight excluding hydrogens is 292 g/mol. The van der Waals surface area contributed by atoms with Crippen LogP contribution in [0.25, 0.3) is 0 Å². The fourth-order valence-corrected chi connectivity index (χ4v) is 2.69. The summed E-state index contributed by atoms with van der Waals surface area (Å²) in [6.07, 6.45) is 3.54. The van der Waals surface area contributed by atoms with E-state index in [1.165, 1.54) is 0 Å². The predicted molar refractivity (Wildman–Crippen MR) is 86.1 cm³/mol. The molecule has 3 rings (SSSR count). The number of hydrogen-bond acceptors (Lipinski definition) is 5. The molecule has 1 fully saturated rings. The molecule has 23 heavy (non-hydrogen) atoms. The summed E-state index contributed by atoms with van der Waals surface area (Å²) in [5, 5.41) is 7.32. The minimum atomic E-state index is -0.169. The van der Waals surface area contributed by atoms with Crippen LogP contribution in [0, 0.1) is 0 Å². The van der Waals surface area contributed by atoms with Crippen LogP contribution in [0.15, 0.2) is 35.1 Å². The second-order valence-corrected chi connectivity index (χ2v) is 6.83. The molecule has 6 heteroatoms. The third-order valence-electron chi connectivity index (χ3n) is 4.04. The summed E-state index contributed by atoms with van der Waals surface area (Å²) in [6.45, 7) is 8.21. The summed E-state index contributed by atoms with van der Waals surface area (Å²) < 4.78 is 5.36. The highest BCUT2D eigenvalue weighted by Crippen LogP contribution is 2.26. The molecular formula is C17H22N4O2. The molecule has 6 nitrogen and oxygen atoms in total. The van der Waals surface area contributed by atoms with Gasteiger partial charge in [-0.15, -0.1) is 0 Å². The lowest BCUT2D eigenvalue weighted by atomic mass is 9.93. The first-order valence-electron chi connectivity index (χ1n) is 7.85. The van der Waals surface area contributed by atoms with Gasteiger partial charge in [0.2, 0.25) is 0 Å². The summed E-state index contributed by atoms with van der Waals surface area (Å²) in [5.41, 5.74) is 1.22. The Bertz CT molecular complexity index is 675. The van der Waals surface area contributed by atoms with Gasteiger partial charge in [-0.05, 0) is 11.6 Å². The molecule has 0 aromatic carbocycles. The van der Waals surface area contributed by atoms with Gasteiger partial charge in [-0.3, -0.25) is 9.78 Å². The van der Waals surface area contributed by atoms with Crippen molar-refractivity contribution in [2.24, 2.45) is 0 Å². The lowest BCUT2D eigenvalue weighted by molar-refractivity contribution is 0.0623. The molecule has 1 aliphatic heterocycles. The fourth-order valence-electron chi connectivity index (χ4n) is 2.69. The van der Waals surface area contributed by atoms with Crippen molar-refractivity contribution >= 4 is 5.91 Å². The van der Waals surface area contributed by atoms with Crippen LogP contribution in [0.3, 0.4) is 0 Å². The van der Waals surface area contributed by atoms with Crippen LogP contribution >= 0.6 is 0 Å². The Morgan fingerprint density at radius 2 is 2.26 bits per heavy atom. The van der Waals surface area contributed by atoms with Gasteiger partial charge >= 0.3 is 0 Å². The fraction of sp³-hybridized carbons (Fsp3) is 0.471. The molecule has 1 aliphatic rings. The Labute approximate surface area is 135 Å². The summed E-state index contributed by atoms with van der Waals surface area (Å²) in [6, 6.07) is 5.60. The molecule has 0 saturated carbocycles. The number of hydrogen-bond donors (Lipinski definition) is 1. The summed E-state index contributed by atoms with van der Waals surface area (Å²) >= 11 is 0. The molecule has 1 N–H and O–H groups in total. The highest BCUT2D eigenvalue weighted by atomic mass is 16.5. The number of pyridine rings is 1. The maximum absolute atomic E-state index is 12.9. The van der Waals surface area contributed by atoms with Crippen LogP contribution in [0.1, 0.15) is 48.6 Å². The van der Waals surface area contributed by atoms with Crippen molar-refractivity contribution < 1.29 is 9.32 Å². The molecule has 1 amide bonds.